The maximum Gasteiger partial charge on any atom is 0.203 e. The molecule has 0 aliphatic carbocycles. The van der Waals surface area contributed by atoms with Crippen molar-refractivity contribution in [3.05, 3.63) is 40.9 Å². The highest BCUT2D eigenvalue weighted by atomic mass is 16.5. The van der Waals surface area contributed by atoms with Crippen molar-refractivity contribution in [3.8, 4) is 6.07 Å². The number of rotatable bonds is 4. The fourth-order valence-electron chi connectivity index (χ4n) is 2.95. The number of aromatic amines is 1. The van der Waals surface area contributed by atoms with Gasteiger partial charge in [0, 0.05) is 19.3 Å². The lowest BCUT2D eigenvalue weighted by molar-refractivity contribution is 0.106. The fraction of sp³-hybridized carbons (Fsp3) is 0.500. The molecule has 1 fully saturated rings. The number of nitrogens with zero attached hydrogens (tertiary/aromatic N) is 3. The molecule has 116 valence electrons. The summed E-state index contributed by atoms with van der Waals surface area (Å²) in [4.78, 5) is 10.3. The molecule has 0 radical (unpaired) electrons. The van der Waals surface area contributed by atoms with Gasteiger partial charge in [0.1, 0.15) is 17.7 Å². The highest BCUT2D eigenvalue weighted by Gasteiger charge is 2.35. The number of nitriles is 1. The Morgan fingerprint density at radius 3 is 2.91 bits per heavy atom. The van der Waals surface area contributed by atoms with Gasteiger partial charge in [-0.15, -0.1) is 0 Å². The van der Waals surface area contributed by atoms with Crippen LogP contribution in [0.3, 0.4) is 0 Å². The van der Waals surface area contributed by atoms with E-state index in [1.165, 1.54) is 0 Å². The van der Waals surface area contributed by atoms with Crippen LogP contribution in [0.1, 0.15) is 41.2 Å². The van der Waals surface area contributed by atoms with Crippen molar-refractivity contribution in [1.29, 1.82) is 5.26 Å². The predicted octanol–water partition coefficient (Wildman–Crippen LogP) is 2.45. The highest BCUT2D eigenvalue weighted by Crippen LogP contribution is 2.33. The number of nitrogens with one attached hydrogen (secondary N) is 1. The van der Waals surface area contributed by atoms with Gasteiger partial charge in [-0.2, -0.15) is 5.26 Å². The lowest BCUT2D eigenvalue weighted by Crippen LogP contribution is -2.25. The third kappa shape index (κ3) is 2.78. The average molecular weight is 300 g/mol. The van der Waals surface area contributed by atoms with Crippen LogP contribution in [0.2, 0.25) is 0 Å². The number of ether oxygens (including phenoxy) is 1. The number of hydrogen-bond donors (Lipinski definition) is 1. The van der Waals surface area contributed by atoms with Crippen LogP contribution in [0.4, 0.5) is 0 Å². The van der Waals surface area contributed by atoms with Crippen LogP contribution in [0.5, 0.6) is 0 Å². The summed E-state index contributed by atoms with van der Waals surface area (Å²) < 4.78 is 11.0. The van der Waals surface area contributed by atoms with Crippen molar-refractivity contribution in [2.75, 3.05) is 13.7 Å². The minimum absolute atomic E-state index is 0.174. The van der Waals surface area contributed by atoms with Crippen LogP contribution in [-0.4, -0.2) is 34.6 Å². The molecule has 3 rings (SSSR count). The number of methoxy groups -OCH3 is 1. The molecule has 1 aliphatic heterocycles. The van der Waals surface area contributed by atoms with Gasteiger partial charge < -0.3 is 14.1 Å². The number of H-pyrrole nitrogens is 1. The number of furan rings is 1. The van der Waals surface area contributed by atoms with Crippen molar-refractivity contribution in [1.82, 2.24) is 14.9 Å². The molecule has 22 heavy (non-hydrogen) atoms. The maximum absolute atomic E-state index is 8.86. The Kier molecular flexibility index (Phi) is 4.01. The zero-order valence-electron chi connectivity index (χ0n) is 13.1. The van der Waals surface area contributed by atoms with Crippen molar-refractivity contribution in [2.24, 2.45) is 0 Å². The molecule has 2 aromatic rings. The van der Waals surface area contributed by atoms with E-state index in [-0.39, 0.29) is 12.1 Å². The Labute approximate surface area is 129 Å². The molecule has 0 bridgehead atoms. The number of likely N-dealkylation sites (tertiary alicyclic amines) is 1. The highest BCUT2D eigenvalue weighted by molar-refractivity contribution is 5.20. The maximum atomic E-state index is 8.86. The van der Waals surface area contributed by atoms with Gasteiger partial charge in [0.25, 0.3) is 0 Å². The number of aromatic nitrogens is 2. The summed E-state index contributed by atoms with van der Waals surface area (Å²) in [5, 5.41) is 8.86. The average Bonchev–Trinajstić information content (AvgIpc) is 3.20. The molecule has 1 saturated heterocycles. The Morgan fingerprint density at radius 1 is 1.50 bits per heavy atom. The van der Waals surface area contributed by atoms with E-state index >= 15 is 0 Å². The molecule has 1 N–H and O–H groups in total. The summed E-state index contributed by atoms with van der Waals surface area (Å²) in [7, 11) is 1.74. The first kappa shape index (κ1) is 14.8. The first-order chi connectivity index (χ1) is 10.6. The van der Waals surface area contributed by atoms with E-state index < -0.39 is 0 Å². The van der Waals surface area contributed by atoms with E-state index in [0.717, 1.165) is 35.9 Å². The van der Waals surface area contributed by atoms with E-state index in [1.54, 1.807) is 13.2 Å². The Morgan fingerprint density at radius 2 is 2.32 bits per heavy atom. The Hall–Kier alpha value is -2.10. The lowest BCUT2D eigenvalue weighted by atomic mass is 10.2. The molecule has 0 saturated carbocycles. The fourth-order valence-corrected chi connectivity index (χ4v) is 2.95. The van der Waals surface area contributed by atoms with Crippen molar-refractivity contribution < 1.29 is 9.15 Å². The molecule has 0 unspecified atom stereocenters. The first-order valence-corrected chi connectivity index (χ1v) is 7.39. The molecule has 2 atom stereocenters. The molecule has 1 aliphatic rings. The first-order valence-electron chi connectivity index (χ1n) is 7.39. The Bertz CT molecular complexity index is 678. The van der Waals surface area contributed by atoms with Crippen LogP contribution in [0.15, 0.2) is 16.5 Å². The minimum atomic E-state index is 0.174. The second kappa shape index (κ2) is 5.95. The molecule has 0 aromatic carbocycles. The summed E-state index contributed by atoms with van der Waals surface area (Å²) >= 11 is 0. The second-order valence-electron chi connectivity index (χ2n) is 5.75. The molecule has 6 nitrogen and oxygen atoms in total. The molecular weight excluding hydrogens is 280 g/mol. The molecule has 0 spiro atoms. The predicted molar refractivity (Wildman–Crippen MR) is 80.0 cm³/mol. The molecule has 3 heterocycles. The minimum Gasteiger partial charge on any atom is -0.449 e. The zero-order chi connectivity index (χ0) is 15.7. The van der Waals surface area contributed by atoms with Gasteiger partial charge in [-0.1, -0.05) is 0 Å². The van der Waals surface area contributed by atoms with Crippen LogP contribution in [0, 0.1) is 25.2 Å². The number of imidazole rings is 1. The summed E-state index contributed by atoms with van der Waals surface area (Å²) in [6.45, 7) is 5.51. The summed E-state index contributed by atoms with van der Waals surface area (Å²) in [5.41, 5.74) is 2.13. The van der Waals surface area contributed by atoms with Gasteiger partial charge in [-0.3, -0.25) is 4.90 Å². The summed E-state index contributed by atoms with van der Waals surface area (Å²) in [6.07, 6.45) is 1.08. The van der Waals surface area contributed by atoms with E-state index in [9.17, 15) is 0 Å². The largest absolute Gasteiger partial charge is 0.449 e. The smallest absolute Gasteiger partial charge is 0.203 e. The van der Waals surface area contributed by atoms with Crippen molar-refractivity contribution in [2.45, 2.75) is 39.0 Å². The third-order valence-corrected chi connectivity index (χ3v) is 4.29. The van der Waals surface area contributed by atoms with Gasteiger partial charge >= 0.3 is 0 Å². The van der Waals surface area contributed by atoms with Crippen molar-refractivity contribution >= 4 is 0 Å². The van der Waals surface area contributed by atoms with Crippen LogP contribution < -0.4 is 0 Å². The van der Waals surface area contributed by atoms with Crippen molar-refractivity contribution in [3.63, 3.8) is 0 Å². The van der Waals surface area contributed by atoms with E-state index in [1.807, 2.05) is 26.0 Å². The van der Waals surface area contributed by atoms with Gasteiger partial charge in [0.05, 0.1) is 24.4 Å². The third-order valence-electron chi connectivity index (χ3n) is 4.29. The molecule has 2 aromatic heterocycles. The topological polar surface area (TPSA) is 78.1 Å². The second-order valence-corrected chi connectivity index (χ2v) is 5.75. The van der Waals surface area contributed by atoms with E-state index in [4.69, 9.17) is 14.4 Å². The van der Waals surface area contributed by atoms with Gasteiger partial charge in [-0.25, -0.2) is 4.98 Å². The normalized spacial score (nSPS) is 22.1. The van der Waals surface area contributed by atoms with Crippen LogP contribution >= 0.6 is 0 Å². The summed E-state index contributed by atoms with van der Waals surface area (Å²) in [6, 6.07) is 5.75. The number of aryl methyl sites for hydroxylation is 2. The molecular formula is C16H20N4O2. The van der Waals surface area contributed by atoms with Crippen LogP contribution in [0.25, 0.3) is 0 Å². The van der Waals surface area contributed by atoms with Gasteiger partial charge in [0.2, 0.25) is 5.76 Å². The lowest BCUT2D eigenvalue weighted by Gasteiger charge is -2.21. The van der Waals surface area contributed by atoms with E-state index in [0.29, 0.717) is 12.3 Å². The zero-order valence-corrected chi connectivity index (χ0v) is 13.1. The van der Waals surface area contributed by atoms with Gasteiger partial charge in [-0.05, 0) is 32.4 Å². The van der Waals surface area contributed by atoms with E-state index in [2.05, 4.69) is 14.9 Å². The summed E-state index contributed by atoms with van der Waals surface area (Å²) in [5.74, 6) is 2.11. The standard InChI is InChI=1S/C16H20N4O2/c1-10-11(2)19-16(18-10)15-6-14(21-3)9-20(15)8-13-5-4-12(7-17)22-13/h4-5,14-15H,6,8-9H2,1-3H3,(H,18,19)/t14-,15+/m1/s1. The monoisotopic (exact) mass is 300 g/mol. The van der Waals surface area contributed by atoms with Crippen LogP contribution in [-0.2, 0) is 11.3 Å². The number of hydrogen-bond acceptors (Lipinski definition) is 5. The Balaban J connectivity index is 1.81. The van der Waals surface area contributed by atoms with Gasteiger partial charge in [0.15, 0.2) is 0 Å². The molecule has 6 heteroatoms. The SMILES string of the molecule is CO[C@@H]1C[C@@H](c2nc(C)c(C)[nH]2)N(Cc2ccc(C#N)o2)C1. The quantitative estimate of drug-likeness (QED) is 0.938. The molecule has 0 amide bonds.